The monoisotopic (exact) mass is 348 g/mol. The number of nitrogens with zero attached hydrogens (tertiary/aromatic N) is 5. The summed E-state index contributed by atoms with van der Waals surface area (Å²) in [6.07, 6.45) is 5.48. The molecule has 0 bridgehead atoms. The summed E-state index contributed by atoms with van der Waals surface area (Å²) in [5, 5.41) is 0. The Morgan fingerprint density at radius 1 is 1.24 bits per heavy atom. The average molecular weight is 348 g/mol. The van der Waals surface area contributed by atoms with E-state index in [0.717, 1.165) is 58.2 Å². The van der Waals surface area contributed by atoms with Crippen molar-refractivity contribution in [2.24, 2.45) is 16.1 Å². The van der Waals surface area contributed by atoms with Crippen LogP contribution in [0.5, 0.6) is 0 Å². The number of ether oxygens (including phenoxy) is 2. The van der Waals surface area contributed by atoms with Gasteiger partial charge in [-0.15, -0.1) is 0 Å². The van der Waals surface area contributed by atoms with E-state index in [1.165, 1.54) is 0 Å². The van der Waals surface area contributed by atoms with Gasteiger partial charge in [0.25, 0.3) is 0 Å². The number of hydrogen-bond donors (Lipinski definition) is 1. The Kier molecular flexibility index (Phi) is 6.04. The molecule has 2 aliphatic rings. The zero-order valence-corrected chi connectivity index (χ0v) is 14.9. The number of rotatable bonds is 5. The van der Waals surface area contributed by atoms with E-state index in [4.69, 9.17) is 20.2 Å². The third-order valence-corrected chi connectivity index (χ3v) is 5.02. The van der Waals surface area contributed by atoms with Crippen molar-refractivity contribution >= 4 is 11.9 Å². The van der Waals surface area contributed by atoms with Crippen molar-refractivity contribution in [2.75, 3.05) is 64.6 Å². The molecule has 8 heteroatoms. The Hall–Kier alpha value is -1.93. The maximum atomic E-state index is 6.26. The number of anilines is 1. The average Bonchev–Trinajstić information content (AvgIpc) is 2.68. The van der Waals surface area contributed by atoms with Gasteiger partial charge in [0.1, 0.15) is 0 Å². The van der Waals surface area contributed by atoms with Crippen LogP contribution in [0.25, 0.3) is 0 Å². The van der Waals surface area contributed by atoms with Gasteiger partial charge in [-0.1, -0.05) is 0 Å². The highest BCUT2D eigenvalue weighted by Gasteiger charge is 2.33. The van der Waals surface area contributed by atoms with Crippen molar-refractivity contribution in [3.05, 3.63) is 18.5 Å². The molecular formula is C17H28N6O2. The van der Waals surface area contributed by atoms with Gasteiger partial charge < -0.3 is 25.0 Å². The van der Waals surface area contributed by atoms with E-state index in [2.05, 4.69) is 19.8 Å². The van der Waals surface area contributed by atoms with Gasteiger partial charge in [0, 0.05) is 64.3 Å². The molecular weight excluding hydrogens is 320 g/mol. The van der Waals surface area contributed by atoms with Gasteiger partial charge in [-0.05, 0) is 18.9 Å². The van der Waals surface area contributed by atoms with E-state index in [1.807, 2.05) is 6.07 Å². The van der Waals surface area contributed by atoms with E-state index in [9.17, 15) is 0 Å². The van der Waals surface area contributed by atoms with Gasteiger partial charge >= 0.3 is 0 Å². The van der Waals surface area contributed by atoms with Crippen molar-refractivity contribution in [2.45, 2.75) is 12.8 Å². The Balaban J connectivity index is 1.54. The van der Waals surface area contributed by atoms with Crippen molar-refractivity contribution in [1.82, 2.24) is 14.9 Å². The number of hydrogen-bond acceptors (Lipinski definition) is 6. The summed E-state index contributed by atoms with van der Waals surface area (Å²) in [4.78, 5) is 17.6. The van der Waals surface area contributed by atoms with Crippen LogP contribution >= 0.6 is 0 Å². The van der Waals surface area contributed by atoms with Gasteiger partial charge in [-0.2, -0.15) is 0 Å². The fraction of sp³-hybridized carbons (Fsp3) is 0.706. The van der Waals surface area contributed by atoms with Crippen LogP contribution in [-0.2, 0) is 9.47 Å². The highest BCUT2D eigenvalue weighted by atomic mass is 16.5. The molecule has 3 heterocycles. The maximum absolute atomic E-state index is 6.26. The highest BCUT2D eigenvalue weighted by Crippen LogP contribution is 2.31. The van der Waals surface area contributed by atoms with E-state index in [-0.39, 0.29) is 5.41 Å². The molecule has 8 nitrogen and oxygen atoms in total. The van der Waals surface area contributed by atoms with Crippen LogP contribution in [0.2, 0.25) is 0 Å². The molecule has 138 valence electrons. The SMILES string of the molecule is COCC1(CN=C(N)N2CCN(c3ncccn3)CC2)CCOCC1. The fourth-order valence-corrected chi connectivity index (χ4v) is 3.40. The van der Waals surface area contributed by atoms with Crippen molar-refractivity contribution < 1.29 is 9.47 Å². The molecule has 2 saturated heterocycles. The molecule has 1 aromatic rings. The number of nitrogens with two attached hydrogens (primary N) is 1. The molecule has 0 amide bonds. The van der Waals surface area contributed by atoms with Crippen LogP contribution in [-0.4, -0.2) is 80.5 Å². The lowest BCUT2D eigenvalue weighted by Crippen LogP contribution is -2.52. The molecule has 0 aliphatic carbocycles. The van der Waals surface area contributed by atoms with Crippen LogP contribution in [0.1, 0.15) is 12.8 Å². The van der Waals surface area contributed by atoms with E-state index >= 15 is 0 Å². The van der Waals surface area contributed by atoms with E-state index in [0.29, 0.717) is 19.1 Å². The normalized spacial score (nSPS) is 21.4. The first-order valence-corrected chi connectivity index (χ1v) is 8.86. The molecule has 0 spiro atoms. The molecule has 3 rings (SSSR count). The van der Waals surface area contributed by atoms with Gasteiger partial charge in [0.2, 0.25) is 5.95 Å². The Labute approximate surface area is 149 Å². The number of methoxy groups -OCH3 is 1. The van der Waals surface area contributed by atoms with Gasteiger partial charge in [-0.3, -0.25) is 4.99 Å². The molecule has 0 saturated carbocycles. The summed E-state index contributed by atoms with van der Waals surface area (Å²) in [7, 11) is 1.75. The van der Waals surface area contributed by atoms with Gasteiger partial charge in [0.05, 0.1) is 13.2 Å². The highest BCUT2D eigenvalue weighted by molar-refractivity contribution is 5.78. The molecule has 2 fully saturated rings. The smallest absolute Gasteiger partial charge is 0.225 e. The Morgan fingerprint density at radius 3 is 2.56 bits per heavy atom. The van der Waals surface area contributed by atoms with Crippen LogP contribution in [0.4, 0.5) is 5.95 Å². The van der Waals surface area contributed by atoms with Crippen LogP contribution in [0.15, 0.2) is 23.5 Å². The maximum Gasteiger partial charge on any atom is 0.225 e. The molecule has 0 unspecified atom stereocenters. The van der Waals surface area contributed by atoms with E-state index < -0.39 is 0 Å². The van der Waals surface area contributed by atoms with Crippen molar-refractivity contribution in [3.8, 4) is 0 Å². The third kappa shape index (κ3) is 4.58. The second-order valence-corrected chi connectivity index (χ2v) is 6.74. The molecule has 0 atom stereocenters. The lowest BCUT2D eigenvalue weighted by molar-refractivity contribution is -0.0224. The first-order valence-electron chi connectivity index (χ1n) is 8.86. The van der Waals surface area contributed by atoms with Crippen molar-refractivity contribution in [1.29, 1.82) is 0 Å². The topological polar surface area (TPSA) is 89.1 Å². The fourth-order valence-electron chi connectivity index (χ4n) is 3.40. The molecule has 0 radical (unpaired) electrons. The van der Waals surface area contributed by atoms with E-state index in [1.54, 1.807) is 19.5 Å². The third-order valence-electron chi connectivity index (χ3n) is 5.02. The lowest BCUT2D eigenvalue weighted by atomic mass is 9.81. The first kappa shape index (κ1) is 17.9. The molecule has 0 aromatic carbocycles. The number of piperazine rings is 1. The number of aliphatic imine (C=N–C) groups is 1. The first-order chi connectivity index (χ1) is 12.2. The second kappa shape index (κ2) is 8.44. The van der Waals surface area contributed by atoms with Crippen LogP contribution < -0.4 is 10.6 Å². The number of guanidine groups is 1. The molecule has 25 heavy (non-hydrogen) atoms. The predicted octanol–water partition coefficient (Wildman–Crippen LogP) is 0.357. The van der Waals surface area contributed by atoms with Crippen LogP contribution in [0, 0.1) is 5.41 Å². The predicted molar refractivity (Wildman–Crippen MR) is 96.7 cm³/mol. The largest absolute Gasteiger partial charge is 0.384 e. The zero-order chi connectivity index (χ0) is 17.5. The summed E-state index contributed by atoms with van der Waals surface area (Å²) in [6, 6.07) is 1.83. The zero-order valence-electron chi connectivity index (χ0n) is 14.9. The summed E-state index contributed by atoms with van der Waals surface area (Å²) >= 11 is 0. The number of aromatic nitrogens is 2. The quantitative estimate of drug-likeness (QED) is 0.607. The lowest BCUT2D eigenvalue weighted by Gasteiger charge is -2.37. The second-order valence-electron chi connectivity index (χ2n) is 6.74. The summed E-state index contributed by atoms with van der Waals surface area (Å²) in [5.41, 5.74) is 6.31. The Bertz CT molecular complexity index is 548. The molecule has 1 aromatic heterocycles. The van der Waals surface area contributed by atoms with Crippen LogP contribution in [0.3, 0.4) is 0 Å². The standard InChI is InChI=1S/C17H28N6O2/c1-24-14-17(3-11-25-12-4-17)13-21-15(18)22-7-9-23(10-8-22)16-19-5-2-6-20-16/h2,5-6H,3-4,7-14H2,1H3,(H2,18,21). The Morgan fingerprint density at radius 2 is 1.92 bits per heavy atom. The van der Waals surface area contributed by atoms with Gasteiger partial charge in [0.15, 0.2) is 5.96 Å². The van der Waals surface area contributed by atoms with Gasteiger partial charge in [-0.25, -0.2) is 9.97 Å². The minimum Gasteiger partial charge on any atom is -0.384 e. The minimum atomic E-state index is 0.0529. The summed E-state index contributed by atoms with van der Waals surface area (Å²) in [5.74, 6) is 1.40. The molecule has 2 N–H and O–H groups in total. The minimum absolute atomic E-state index is 0.0529. The molecule has 2 aliphatic heterocycles. The summed E-state index contributed by atoms with van der Waals surface area (Å²) < 4.78 is 10.9. The van der Waals surface area contributed by atoms with Crippen molar-refractivity contribution in [3.63, 3.8) is 0 Å². The summed E-state index contributed by atoms with van der Waals surface area (Å²) in [6.45, 7) is 6.28.